The van der Waals surface area contributed by atoms with Gasteiger partial charge in [0.2, 0.25) is 11.1 Å². The number of carbonyl (C=O) groups is 1. The van der Waals surface area contributed by atoms with Gasteiger partial charge in [-0.3, -0.25) is 4.79 Å². The van der Waals surface area contributed by atoms with Crippen LogP contribution in [0.15, 0.2) is 47.6 Å². The molecule has 1 aromatic heterocycles. The number of amides is 1. The molecule has 6 nitrogen and oxygen atoms in total. The first kappa shape index (κ1) is 18.1. The highest BCUT2D eigenvalue weighted by Gasteiger charge is 2.20. The summed E-state index contributed by atoms with van der Waals surface area (Å²) in [6, 6.07) is 11.5. The second-order valence-corrected chi connectivity index (χ2v) is 7.16. The van der Waals surface area contributed by atoms with Crippen LogP contribution in [0.25, 0.3) is 5.69 Å². The predicted octanol–water partition coefficient (Wildman–Crippen LogP) is 3.54. The largest absolute Gasteiger partial charge is 0.325 e. The maximum atomic E-state index is 13.0. The van der Waals surface area contributed by atoms with Crippen LogP contribution in [0, 0.1) is 19.7 Å². The Hall–Kier alpha value is -2.74. The Morgan fingerprint density at radius 1 is 1.19 bits per heavy atom. The predicted molar refractivity (Wildman–Crippen MR) is 99.0 cm³/mol. The highest BCUT2D eigenvalue weighted by Crippen LogP contribution is 2.26. The SMILES string of the molecule is Cc1cccc(-n2nnnc2S[C@H](C)C(=O)Nc2ccc(F)cc2)c1C. The van der Waals surface area contributed by atoms with Crippen LogP contribution >= 0.6 is 11.8 Å². The summed E-state index contributed by atoms with van der Waals surface area (Å²) in [5.74, 6) is -0.560. The number of hydrogen-bond acceptors (Lipinski definition) is 5. The summed E-state index contributed by atoms with van der Waals surface area (Å²) < 4.78 is 14.6. The van der Waals surface area contributed by atoms with E-state index in [2.05, 4.69) is 20.8 Å². The minimum absolute atomic E-state index is 0.211. The van der Waals surface area contributed by atoms with E-state index in [1.807, 2.05) is 32.0 Å². The first-order valence-corrected chi connectivity index (χ1v) is 8.91. The highest BCUT2D eigenvalue weighted by molar-refractivity contribution is 8.00. The lowest BCUT2D eigenvalue weighted by molar-refractivity contribution is -0.115. The fourth-order valence-corrected chi connectivity index (χ4v) is 3.16. The molecule has 0 saturated heterocycles. The zero-order valence-corrected chi connectivity index (χ0v) is 15.4. The monoisotopic (exact) mass is 371 g/mol. The number of hydrogen-bond donors (Lipinski definition) is 1. The minimum atomic E-state index is -0.435. The summed E-state index contributed by atoms with van der Waals surface area (Å²) in [4.78, 5) is 12.4. The van der Waals surface area contributed by atoms with Gasteiger partial charge < -0.3 is 5.32 Å². The summed E-state index contributed by atoms with van der Waals surface area (Å²) in [5, 5.41) is 14.7. The van der Waals surface area contributed by atoms with Gasteiger partial charge in [0.25, 0.3) is 0 Å². The van der Waals surface area contributed by atoms with Crippen LogP contribution in [-0.2, 0) is 4.79 Å². The van der Waals surface area contributed by atoms with Gasteiger partial charge >= 0.3 is 0 Å². The van der Waals surface area contributed by atoms with Crippen molar-refractivity contribution in [1.29, 1.82) is 0 Å². The van der Waals surface area contributed by atoms with E-state index in [1.54, 1.807) is 11.6 Å². The van der Waals surface area contributed by atoms with Crippen molar-refractivity contribution >= 4 is 23.4 Å². The van der Waals surface area contributed by atoms with Crippen LogP contribution in [0.1, 0.15) is 18.1 Å². The molecule has 0 fully saturated rings. The van der Waals surface area contributed by atoms with Crippen LogP contribution in [0.4, 0.5) is 10.1 Å². The Morgan fingerprint density at radius 3 is 2.65 bits per heavy atom. The molecule has 0 aliphatic heterocycles. The van der Waals surface area contributed by atoms with E-state index in [9.17, 15) is 9.18 Å². The van der Waals surface area contributed by atoms with Crippen LogP contribution in [0.2, 0.25) is 0 Å². The smallest absolute Gasteiger partial charge is 0.237 e. The van der Waals surface area contributed by atoms with Crippen LogP contribution in [0.5, 0.6) is 0 Å². The van der Waals surface area contributed by atoms with E-state index < -0.39 is 5.25 Å². The molecule has 134 valence electrons. The third-order valence-electron chi connectivity index (χ3n) is 4.01. The lowest BCUT2D eigenvalue weighted by Crippen LogP contribution is -2.23. The van der Waals surface area contributed by atoms with Crippen molar-refractivity contribution in [3.05, 3.63) is 59.4 Å². The second kappa shape index (κ2) is 7.65. The topological polar surface area (TPSA) is 72.7 Å². The van der Waals surface area contributed by atoms with Gasteiger partial charge in [0.1, 0.15) is 5.82 Å². The second-order valence-electron chi connectivity index (χ2n) is 5.85. The van der Waals surface area contributed by atoms with Gasteiger partial charge in [-0.15, -0.1) is 5.10 Å². The molecule has 0 radical (unpaired) electrons. The molecule has 26 heavy (non-hydrogen) atoms. The first-order valence-electron chi connectivity index (χ1n) is 8.04. The fourth-order valence-electron chi connectivity index (χ4n) is 2.36. The lowest BCUT2D eigenvalue weighted by atomic mass is 10.1. The normalized spacial score (nSPS) is 12.0. The van der Waals surface area contributed by atoms with Crippen molar-refractivity contribution in [2.24, 2.45) is 0 Å². The Balaban J connectivity index is 1.75. The highest BCUT2D eigenvalue weighted by atomic mass is 32.2. The van der Waals surface area contributed by atoms with Gasteiger partial charge in [-0.25, -0.2) is 4.39 Å². The number of nitrogens with one attached hydrogen (secondary N) is 1. The maximum Gasteiger partial charge on any atom is 0.237 e. The number of rotatable bonds is 5. The van der Waals surface area contributed by atoms with Crippen molar-refractivity contribution in [1.82, 2.24) is 20.2 Å². The molecule has 3 aromatic rings. The molecule has 0 aliphatic carbocycles. The van der Waals surface area contributed by atoms with Crippen molar-refractivity contribution in [3.8, 4) is 5.69 Å². The Kier molecular flexibility index (Phi) is 5.32. The molecule has 2 aromatic carbocycles. The van der Waals surface area contributed by atoms with Gasteiger partial charge in [-0.1, -0.05) is 23.9 Å². The number of tetrazole rings is 1. The Bertz CT molecular complexity index is 926. The van der Waals surface area contributed by atoms with E-state index in [1.165, 1.54) is 36.0 Å². The Morgan fingerprint density at radius 2 is 1.92 bits per heavy atom. The van der Waals surface area contributed by atoms with Gasteiger partial charge in [0, 0.05) is 5.69 Å². The van der Waals surface area contributed by atoms with E-state index >= 15 is 0 Å². The zero-order valence-electron chi connectivity index (χ0n) is 14.6. The van der Waals surface area contributed by atoms with E-state index in [0.717, 1.165) is 16.8 Å². The van der Waals surface area contributed by atoms with E-state index in [0.29, 0.717) is 10.8 Å². The summed E-state index contributed by atoms with van der Waals surface area (Å²) in [6.07, 6.45) is 0. The standard InChI is InChI=1S/C18H18FN5OS/c1-11-5-4-6-16(12(11)2)24-18(21-22-23-24)26-13(3)17(25)20-15-9-7-14(19)8-10-15/h4-10,13H,1-3H3,(H,20,25)/t13-/m1/s1. The number of aromatic nitrogens is 4. The number of nitrogens with zero attached hydrogens (tertiary/aromatic N) is 4. The number of aryl methyl sites for hydroxylation is 1. The summed E-state index contributed by atoms with van der Waals surface area (Å²) in [5.41, 5.74) is 3.63. The average Bonchev–Trinajstić information content (AvgIpc) is 3.07. The Labute approximate surface area is 154 Å². The lowest BCUT2D eigenvalue weighted by Gasteiger charge is -2.13. The van der Waals surface area contributed by atoms with Crippen molar-refractivity contribution in [2.45, 2.75) is 31.2 Å². The number of carbonyl (C=O) groups excluding carboxylic acids is 1. The van der Waals surface area contributed by atoms with Gasteiger partial charge in [-0.2, -0.15) is 4.68 Å². The van der Waals surface area contributed by atoms with Crippen molar-refractivity contribution in [3.63, 3.8) is 0 Å². The summed E-state index contributed by atoms with van der Waals surface area (Å²) in [7, 11) is 0. The molecule has 0 aliphatic rings. The van der Waals surface area contributed by atoms with Crippen molar-refractivity contribution in [2.75, 3.05) is 5.32 Å². The summed E-state index contributed by atoms with van der Waals surface area (Å²) in [6.45, 7) is 5.80. The van der Waals surface area contributed by atoms with Crippen LogP contribution in [0.3, 0.4) is 0 Å². The quantitative estimate of drug-likeness (QED) is 0.695. The average molecular weight is 371 g/mol. The molecular weight excluding hydrogens is 353 g/mol. The number of benzene rings is 2. The van der Waals surface area contributed by atoms with Crippen molar-refractivity contribution < 1.29 is 9.18 Å². The van der Waals surface area contributed by atoms with Crippen LogP contribution < -0.4 is 5.32 Å². The summed E-state index contributed by atoms with van der Waals surface area (Å²) >= 11 is 1.26. The molecule has 1 N–H and O–H groups in total. The van der Waals surface area contributed by atoms with Crippen LogP contribution in [-0.4, -0.2) is 31.4 Å². The fraction of sp³-hybridized carbons (Fsp3) is 0.222. The molecule has 0 spiro atoms. The van der Waals surface area contributed by atoms with Gasteiger partial charge in [0.15, 0.2) is 0 Å². The van der Waals surface area contributed by atoms with Gasteiger partial charge in [0.05, 0.1) is 10.9 Å². The molecular formula is C18H18FN5OS. The molecule has 0 unspecified atom stereocenters. The molecule has 0 saturated carbocycles. The minimum Gasteiger partial charge on any atom is -0.325 e. The van der Waals surface area contributed by atoms with E-state index in [4.69, 9.17) is 0 Å². The number of anilines is 1. The molecule has 1 amide bonds. The van der Waals surface area contributed by atoms with Gasteiger partial charge in [-0.05, 0) is 72.7 Å². The third-order valence-corrected chi connectivity index (χ3v) is 5.04. The number of thioether (sulfide) groups is 1. The molecule has 1 heterocycles. The first-order chi connectivity index (χ1) is 12.5. The molecule has 0 bridgehead atoms. The van der Waals surface area contributed by atoms with E-state index in [-0.39, 0.29) is 11.7 Å². The zero-order chi connectivity index (χ0) is 18.7. The third kappa shape index (κ3) is 3.91. The maximum absolute atomic E-state index is 13.0. The molecule has 1 atom stereocenters. The molecule has 3 rings (SSSR count). The number of halogens is 1. The molecule has 8 heteroatoms.